The van der Waals surface area contributed by atoms with Crippen LogP contribution in [0.4, 0.5) is 26.3 Å². The molecule has 0 bridgehead atoms. The minimum Gasteiger partial charge on any atom is -0.490 e. The lowest BCUT2D eigenvalue weighted by atomic mass is 9.74. The molecule has 24 heteroatoms. The number of carbonyl (C=O) groups excluding carboxylic acids is 2. The molecule has 2 amide bonds. The highest BCUT2D eigenvalue weighted by molar-refractivity contribution is 9.10. The average molecular weight is 1130 g/mol. The van der Waals surface area contributed by atoms with E-state index in [1.54, 1.807) is 38.4 Å². The van der Waals surface area contributed by atoms with Gasteiger partial charge in [-0.05, 0) is 125 Å². The Labute approximate surface area is 443 Å². The van der Waals surface area contributed by atoms with Gasteiger partial charge in [0.2, 0.25) is 0 Å². The van der Waals surface area contributed by atoms with Crippen molar-refractivity contribution in [3.05, 3.63) is 101 Å². The fourth-order valence-electron chi connectivity index (χ4n) is 10.8. The van der Waals surface area contributed by atoms with Crippen LogP contribution < -0.4 is 35.9 Å². The van der Waals surface area contributed by atoms with Crippen LogP contribution in [0.25, 0.3) is 11.1 Å². The maximum Gasteiger partial charge on any atom is 0.573 e. The Bertz CT molecular complexity index is 2910. The molecule has 0 aliphatic carbocycles. The number of halogens is 7. The molecule has 76 heavy (non-hydrogen) atoms. The number of hydrogen-bond donors (Lipinski definition) is 4. The Morgan fingerprint density at radius 2 is 1.09 bits per heavy atom. The zero-order valence-electron chi connectivity index (χ0n) is 42.4. The average Bonchev–Trinajstić information content (AvgIpc) is 3.79. The molecule has 6 aliphatic rings. The molecule has 0 radical (unpaired) electrons. The highest BCUT2D eigenvalue weighted by Gasteiger charge is 2.57. The molecular formula is C52H58BBrF6N6O10. The maximum absolute atomic E-state index is 13.6. The summed E-state index contributed by atoms with van der Waals surface area (Å²) in [6, 6.07) is 21.2. The third-order valence-corrected chi connectivity index (χ3v) is 14.8. The van der Waals surface area contributed by atoms with Gasteiger partial charge in [0.25, 0.3) is 11.8 Å². The quantitative estimate of drug-likeness (QED) is 0.108. The molecule has 6 atom stereocenters. The van der Waals surface area contributed by atoms with Crippen molar-refractivity contribution < 1.29 is 74.4 Å². The van der Waals surface area contributed by atoms with E-state index in [0.29, 0.717) is 60.2 Å². The molecule has 10 rings (SSSR count). The SMILES string of the molecule is CN1C(=O)C2(CC(C3CCOC(C)(C)C3)Oc3ccc(-c4cccc(OC(F)(F)F)c4)cc32)N=C1N.CN1C(=O)C2(CC(C3CCOC(C)(C)C3)Oc3ccc(Br)cc32)N=C1N.OB(O)c1cccc(OC(F)(F)F)c1. The number of carbonyl (C=O) groups is 2. The van der Waals surface area contributed by atoms with E-state index in [1.165, 1.54) is 40.1 Å². The van der Waals surface area contributed by atoms with Crippen molar-refractivity contribution in [3.8, 4) is 34.1 Å². The van der Waals surface area contributed by atoms with E-state index in [0.717, 1.165) is 47.9 Å². The second kappa shape index (κ2) is 21.0. The summed E-state index contributed by atoms with van der Waals surface area (Å²) in [7, 11) is 1.45. The first-order chi connectivity index (χ1) is 35.5. The number of benzene rings is 4. The zero-order valence-corrected chi connectivity index (χ0v) is 44.0. The van der Waals surface area contributed by atoms with Gasteiger partial charge in [0, 0.05) is 67.6 Å². The van der Waals surface area contributed by atoms with Crippen LogP contribution in [0.2, 0.25) is 0 Å². The fourth-order valence-corrected chi connectivity index (χ4v) is 11.1. The lowest BCUT2D eigenvalue weighted by Crippen LogP contribution is -2.49. The van der Waals surface area contributed by atoms with Crippen LogP contribution in [0.3, 0.4) is 0 Å². The minimum absolute atomic E-state index is 0.0632. The summed E-state index contributed by atoms with van der Waals surface area (Å²) in [6.45, 7) is 9.60. The topological polar surface area (TPSA) is 213 Å². The first kappa shape index (κ1) is 56.1. The molecule has 2 fully saturated rings. The Balaban J connectivity index is 0.000000167. The first-order valence-corrected chi connectivity index (χ1v) is 25.2. The number of rotatable bonds is 6. The van der Waals surface area contributed by atoms with Gasteiger partial charge in [0.1, 0.15) is 35.2 Å². The third kappa shape index (κ3) is 12.2. The summed E-state index contributed by atoms with van der Waals surface area (Å²) in [5.41, 5.74) is 11.7. The van der Waals surface area contributed by atoms with Crippen molar-refractivity contribution in [2.24, 2.45) is 33.3 Å². The Hall–Kier alpha value is -6.08. The monoisotopic (exact) mass is 1130 g/mol. The molecule has 6 aliphatic heterocycles. The van der Waals surface area contributed by atoms with E-state index in [2.05, 4.69) is 49.2 Å². The molecule has 6 N–H and O–H groups in total. The van der Waals surface area contributed by atoms with E-state index in [4.69, 9.17) is 40.5 Å². The number of aliphatic imine (C=N–C) groups is 2. The van der Waals surface area contributed by atoms with Gasteiger partial charge >= 0.3 is 19.8 Å². The summed E-state index contributed by atoms with van der Waals surface area (Å²) in [4.78, 5) is 38.8. The molecule has 2 saturated heterocycles. The van der Waals surface area contributed by atoms with Gasteiger partial charge in [-0.15, -0.1) is 26.3 Å². The highest BCUT2D eigenvalue weighted by Crippen LogP contribution is 2.52. The van der Waals surface area contributed by atoms with E-state index < -0.39 is 36.7 Å². The standard InChI is InChI=1S/C26H28F3N3O4.C19H24BrN3O3.C7H6BF3O3/c1-24(2)13-17(9-10-34-24)21-14-25(22(33)32(3)23(30)31-25)19-12-16(7-8-20(19)35-21)15-5-4-6-18(11-15)36-26(27,28)29;1-18(2)9-11(6-7-25-18)15-10-19(16(24)23(3)17(21)22-19)13-8-12(20)4-5-14(13)26-15;9-7(10,11)14-6-3-1-2-5(4-6)8(12)13/h4-8,11-12,17,21H,9-10,13-14H2,1-3H3,(H2,30,31);4-5,8,11,15H,6-7,9-10H2,1-3H3,(H2,21,22);1-4,12-13H. The second-order valence-corrected chi connectivity index (χ2v) is 21.7. The third-order valence-electron chi connectivity index (χ3n) is 14.3. The highest BCUT2D eigenvalue weighted by atomic mass is 79.9. The van der Waals surface area contributed by atoms with Crippen LogP contribution >= 0.6 is 15.9 Å². The van der Waals surface area contributed by atoms with Crippen molar-refractivity contribution in [2.45, 2.75) is 113 Å². The van der Waals surface area contributed by atoms with Crippen LogP contribution in [0, 0.1) is 11.8 Å². The summed E-state index contributed by atoms with van der Waals surface area (Å²) in [5.74, 6) is 0.913. The number of fused-ring (bicyclic) bond motifs is 4. The first-order valence-electron chi connectivity index (χ1n) is 24.4. The number of amides is 2. The number of nitrogens with zero attached hydrogens (tertiary/aromatic N) is 4. The van der Waals surface area contributed by atoms with Gasteiger partial charge in [-0.3, -0.25) is 19.4 Å². The molecule has 408 valence electrons. The van der Waals surface area contributed by atoms with Gasteiger partial charge in [-0.25, -0.2) is 9.98 Å². The van der Waals surface area contributed by atoms with Crippen LogP contribution in [-0.2, 0) is 30.1 Å². The molecule has 16 nitrogen and oxygen atoms in total. The number of guanidine groups is 2. The number of hydrogen-bond acceptors (Lipinski definition) is 14. The largest absolute Gasteiger partial charge is 0.573 e. The lowest BCUT2D eigenvalue weighted by molar-refractivity contribution is -0.275. The van der Waals surface area contributed by atoms with Crippen molar-refractivity contribution in [2.75, 3.05) is 27.3 Å². The van der Waals surface area contributed by atoms with Gasteiger partial charge in [-0.2, -0.15) is 0 Å². The van der Waals surface area contributed by atoms with Crippen LogP contribution in [0.1, 0.15) is 77.3 Å². The van der Waals surface area contributed by atoms with Crippen LogP contribution in [0.15, 0.2) is 99.4 Å². The van der Waals surface area contributed by atoms with Crippen molar-refractivity contribution in [3.63, 3.8) is 0 Å². The Kier molecular flexibility index (Phi) is 15.5. The van der Waals surface area contributed by atoms with Gasteiger partial charge in [0.15, 0.2) is 23.0 Å². The van der Waals surface area contributed by atoms with Crippen molar-refractivity contribution >= 4 is 52.2 Å². The zero-order chi connectivity index (χ0) is 55.3. The number of nitrogens with two attached hydrogens (primary N) is 2. The predicted octanol–water partition coefficient (Wildman–Crippen LogP) is 7.64. The molecule has 6 unspecified atom stereocenters. The van der Waals surface area contributed by atoms with E-state index in [9.17, 15) is 35.9 Å². The summed E-state index contributed by atoms with van der Waals surface area (Å²) < 4.78 is 106. The smallest absolute Gasteiger partial charge is 0.490 e. The summed E-state index contributed by atoms with van der Waals surface area (Å²) >= 11 is 3.50. The van der Waals surface area contributed by atoms with E-state index in [-0.39, 0.29) is 64.3 Å². The molecule has 4 aromatic rings. The molecule has 4 aromatic carbocycles. The molecule has 0 aromatic heterocycles. The maximum atomic E-state index is 13.6. The van der Waals surface area contributed by atoms with E-state index in [1.807, 2.05) is 32.0 Å². The normalized spacial score (nSPS) is 26.4. The van der Waals surface area contributed by atoms with Gasteiger partial charge in [0.05, 0.1) is 11.2 Å². The molecular weight excluding hydrogens is 1070 g/mol. The fraction of sp³-hybridized carbons (Fsp3) is 0.462. The Morgan fingerprint density at radius 1 is 0.645 bits per heavy atom. The predicted molar refractivity (Wildman–Crippen MR) is 271 cm³/mol. The minimum atomic E-state index is -4.80. The lowest BCUT2D eigenvalue weighted by Gasteiger charge is -2.44. The van der Waals surface area contributed by atoms with Gasteiger partial charge in [-0.1, -0.05) is 46.3 Å². The Morgan fingerprint density at radius 3 is 1.54 bits per heavy atom. The number of alkyl halides is 6. The number of likely N-dealkylation sites (N-methyl/N-ethyl adjacent to an activating group) is 2. The van der Waals surface area contributed by atoms with Crippen LogP contribution in [-0.4, -0.2) is 114 Å². The van der Waals surface area contributed by atoms with E-state index >= 15 is 0 Å². The molecule has 0 saturated carbocycles. The summed E-state index contributed by atoms with van der Waals surface area (Å²) in [6.07, 6.45) is -5.76. The van der Waals surface area contributed by atoms with Crippen LogP contribution in [0.5, 0.6) is 23.0 Å². The van der Waals surface area contributed by atoms with Crippen molar-refractivity contribution in [1.29, 1.82) is 0 Å². The summed E-state index contributed by atoms with van der Waals surface area (Å²) in [5, 5.41) is 17.3. The molecule has 2 spiro atoms. The molecule has 6 heterocycles. The van der Waals surface area contributed by atoms with Crippen molar-refractivity contribution in [1.82, 2.24) is 9.80 Å². The number of ether oxygens (including phenoxy) is 6. The van der Waals surface area contributed by atoms with Gasteiger partial charge < -0.3 is 49.9 Å². The second-order valence-electron chi connectivity index (χ2n) is 20.8.